The zero-order valence-electron chi connectivity index (χ0n) is 22.5. The molecule has 0 unspecified atom stereocenters. The Hall–Kier alpha value is -3.89. The smallest absolute Gasteiger partial charge is 0.274 e. The fourth-order valence-corrected chi connectivity index (χ4v) is 5.03. The maximum atomic E-state index is 13.4. The molecule has 0 aliphatic carbocycles. The number of hydrogen-bond acceptors (Lipinski definition) is 5. The molecule has 3 amide bonds. The number of nitrogens with one attached hydrogen (secondary N) is 2. The molecule has 3 heterocycles. The number of carbonyl (C=O) groups excluding carboxylic acids is 3. The van der Waals surface area contributed by atoms with E-state index < -0.39 is 5.91 Å². The Kier molecular flexibility index (Phi) is 8.88. The molecule has 1 aliphatic heterocycles. The van der Waals surface area contributed by atoms with Crippen molar-refractivity contribution >= 4 is 52.0 Å². The van der Waals surface area contributed by atoms with E-state index in [2.05, 4.69) is 17.2 Å². The van der Waals surface area contributed by atoms with Gasteiger partial charge in [0.15, 0.2) is 0 Å². The number of likely N-dealkylation sites (tertiary alicyclic amines) is 1. The molecule has 1 fully saturated rings. The first kappa shape index (κ1) is 28.1. The number of imidazole rings is 1. The Morgan fingerprint density at radius 1 is 1.23 bits per heavy atom. The van der Waals surface area contributed by atoms with Crippen molar-refractivity contribution in [1.82, 2.24) is 23.9 Å². The van der Waals surface area contributed by atoms with Crippen LogP contribution < -0.4 is 10.6 Å². The second kappa shape index (κ2) is 12.3. The summed E-state index contributed by atoms with van der Waals surface area (Å²) in [5, 5.41) is 6.13. The van der Waals surface area contributed by atoms with E-state index in [9.17, 15) is 14.4 Å². The van der Waals surface area contributed by atoms with Crippen LogP contribution in [0, 0.1) is 0 Å². The second-order valence-electron chi connectivity index (χ2n) is 9.88. The van der Waals surface area contributed by atoms with Crippen LogP contribution in [0.5, 0.6) is 0 Å². The van der Waals surface area contributed by atoms with Crippen molar-refractivity contribution in [3.05, 3.63) is 66.0 Å². The van der Waals surface area contributed by atoms with E-state index in [0.717, 1.165) is 25.3 Å². The van der Waals surface area contributed by atoms with Crippen LogP contribution in [-0.4, -0.2) is 75.4 Å². The predicted octanol–water partition coefficient (Wildman–Crippen LogP) is 4.08. The lowest BCUT2D eigenvalue weighted by molar-refractivity contribution is -0.126. The molecule has 2 N–H and O–H groups in total. The fourth-order valence-electron chi connectivity index (χ4n) is 4.77. The van der Waals surface area contributed by atoms with Gasteiger partial charge >= 0.3 is 0 Å². The number of likely N-dealkylation sites (N-methyl/N-ethyl adjacent to an activating group) is 1. The zero-order valence-corrected chi connectivity index (χ0v) is 23.2. The summed E-state index contributed by atoms with van der Waals surface area (Å²) in [6.45, 7) is 5.26. The summed E-state index contributed by atoms with van der Waals surface area (Å²) in [5.41, 5.74) is 2.17. The minimum Gasteiger partial charge on any atom is -0.344 e. The number of nitrogens with zero attached hydrogens (tertiary/aromatic N) is 5. The molecule has 2 aromatic heterocycles. The SMILES string of the molecule is C=CC(=O)Nc1cc(C(=O)Nc2nc3cccc(Cl)c3n2[C@@H]2CCCCN(C(=O)/C=C/CN(C)C)C2)n(C)c1. The summed E-state index contributed by atoms with van der Waals surface area (Å²) in [7, 11) is 5.62. The maximum Gasteiger partial charge on any atom is 0.274 e. The van der Waals surface area contributed by atoms with Crippen molar-refractivity contribution in [2.45, 2.75) is 25.3 Å². The summed E-state index contributed by atoms with van der Waals surface area (Å²) in [6, 6.07) is 6.90. The van der Waals surface area contributed by atoms with Gasteiger partial charge in [-0.1, -0.05) is 30.3 Å². The molecule has 0 spiro atoms. The summed E-state index contributed by atoms with van der Waals surface area (Å²) in [6.07, 6.45) is 8.90. The third-order valence-corrected chi connectivity index (χ3v) is 6.94. The number of benzene rings is 1. The first-order chi connectivity index (χ1) is 18.7. The van der Waals surface area contributed by atoms with Gasteiger partial charge in [0.2, 0.25) is 17.8 Å². The molecule has 3 aromatic rings. The number of carbonyl (C=O) groups is 3. The van der Waals surface area contributed by atoms with Gasteiger partial charge in [-0.3, -0.25) is 19.7 Å². The molecule has 0 bridgehead atoms. The van der Waals surface area contributed by atoms with Gasteiger partial charge in [-0.2, -0.15) is 0 Å². The summed E-state index contributed by atoms with van der Waals surface area (Å²) in [4.78, 5) is 46.7. The van der Waals surface area contributed by atoms with Crippen LogP contribution in [-0.2, 0) is 16.6 Å². The standard InChI is InChI=1S/C28H34ClN7O3/c1-5-24(37)30-19-16-23(34(4)17-19)27(39)32-28-31-22-12-8-11-21(29)26(22)36(28)20-10-6-7-15-35(18-20)25(38)13-9-14-33(2)3/h5,8-9,11-13,16-17,20H,1,6-7,10,14-15,18H2,2-4H3,(H,30,37)(H,31,32,39)/b13-9+/t20-/m1/s1. The molecule has 39 heavy (non-hydrogen) atoms. The molecule has 1 saturated heterocycles. The molecule has 206 valence electrons. The highest BCUT2D eigenvalue weighted by molar-refractivity contribution is 6.35. The summed E-state index contributed by atoms with van der Waals surface area (Å²) in [5.74, 6) is -0.448. The molecular formula is C28H34ClN7O3. The highest BCUT2D eigenvalue weighted by Gasteiger charge is 2.28. The maximum absolute atomic E-state index is 13.4. The van der Waals surface area contributed by atoms with Crippen LogP contribution in [0.1, 0.15) is 35.8 Å². The molecule has 0 radical (unpaired) electrons. The van der Waals surface area contributed by atoms with Crippen LogP contribution in [0.4, 0.5) is 11.6 Å². The topological polar surface area (TPSA) is 104 Å². The summed E-state index contributed by atoms with van der Waals surface area (Å²) >= 11 is 6.65. The van der Waals surface area contributed by atoms with Crippen LogP contribution in [0.15, 0.2) is 55.3 Å². The molecule has 0 saturated carbocycles. The molecule has 10 nitrogen and oxygen atoms in total. The highest BCUT2D eigenvalue weighted by Crippen LogP contribution is 2.34. The van der Waals surface area contributed by atoms with Gasteiger partial charge in [-0.15, -0.1) is 0 Å². The van der Waals surface area contributed by atoms with E-state index in [1.165, 1.54) is 0 Å². The van der Waals surface area contributed by atoms with Crippen molar-refractivity contribution in [1.29, 1.82) is 0 Å². The second-order valence-corrected chi connectivity index (χ2v) is 10.3. The Morgan fingerprint density at radius 3 is 2.77 bits per heavy atom. The minimum atomic E-state index is -0.391. The van der Waals surface area contributed by atoms with Gasteiger partial charge in [0.25, 0.3) is 5.91 Å². The Morgan fingerprint density at radius 2 is 2.03 bits per heavy atom. The fraction of sp³-hybridized carbons (Fsp3) is 0.357. The number of hydrogen-bond donors (Lipinski definition) is 2. The number of aryl methyl sites for hydroxylation is 1. The number of anilines is 2. The largest absolute Gasteiger partial charge is 0.344 e. The average Bonchev–Trinajstić information content (AvgIpc) is 3.33. The van der Waals surface area contributed by atoms with Crippen molar-refractivity contribution in [3.8, 4) is 0 Å². The lowest BCUT2D eigenvalue weighted by Crippen LogP contribution is -2.35. The third kappa shape index (κ3) is 6.58. The van der Waals surface area contributed by atoms with Crippen LogP contribution in [0.3, 0.4) is 0 Å². The monoisotopic (exact) mass is 551 g/mol. The predicted molar refractivity (Wildman–Crippen MR) is 154 cm³/mol. The molecule has 1 aliphatic rings. The lowest BCUT2D eigenvalue weighted by atomic mass is 10.1. The Labute approximate surface area is 232 Å². The van der Waals surface area contributed by atoms with Crippen molar-refractivity contribution in [2.75, 3.05) is 44.4 Å². The van der Waals surface area contributed by atoms with Gasteiger partial charge in [0, 0.05) is 39.0 Å². The van der Waals surface area contributed by atoms with E-state index in [1.807, 2.05) is 46.7 Å². The normalized spacial score (nSPS) is 16.0. The van der Waals surface area contributed by atoms with Crippen LogP contribution in [0.2, 0.25) is 5.02 Å². The summed E-state index contributed by atoms with van der Waals surface area (Å²) < 4.78 is 3.58. The molecule has 1 aromatic carbocycles. The highest BCUT2D eigenvalue weighted by atomic mass is 35.5. The van der Waals surface area contributed by atoms with Gasteiger partial charge < -0.3 is 24.3 Å². The molecule has 1 atom stereocenters. The van der Waals surface area contributed by atoms with E-state index >= 15 is 0 Å². The van der Waals surface area contributed by atoms with E-state index in [1.54, 1.807) is 36.0 Å². The number of rotatable bonds is 8. The average molecular weight is 552 g/mol. The van der Waals surface area contributed by atoms with Crippen molar-refractivity contribution < 1.29 is 14.4 Å². The number of halogens is 1. The number of amides is 3. The Balaban J connectivity index is 1.66. The van der Waals surface area contributed by atoms with E-state index in [-0.39, 0.29) is 17.9 Å². The minimum absolute atomic E-state index is 0.0391. The first-order valence-electron chi connectivity index (χ1n) is 12.9. The van der Waals surface area contributed by atoms with Gasteiger partial charge in [0.05, 0.1) is 27.8 Å². The number of aromatic nitrogens is 3. The number of para-hydroxylation sites is 1. The van der Waals surface area contributed by atoms with Crippen molar-refractivity contribution in [3.63, 3.8) is 0 Å². The molecule has 11 heteroatoms. The van der Waals surface area contributed by atoms with Gasteiger partial charge in [-0.05, 0) is 57.6 Å². The molecular weight excluding hydrogens is 518 g/mol. The number of fused-ring (bicyclic) bond motifs is 1. The van der Waals surface area contributed by atoms with Crippen molar-refractivity contribution in [2.24, 2.45) is 7.05 Å². The first-order valence-corrected chi connectivity index (χ1v) is 13.2. The third-order valence-electron chi connectivity index (χ3n) is 6.63. The van der Waals surface area contributed by atoms with E-state index in [4.69, 9.17) is 16.6 Å². The van der Waals surface area contributed by atoms with Gasteiger partial charge in [-0.25, -0.2) is 4.98 Å². The molecule has 4 rings (SSSR count). The van der Waals surface area contributed by atoms with Gasteiger partial charge in [0.1, 0.15) is 5.69 Å². The quantitative estimate of drug-likeness (QED) is 0.411. The zero-order chi connectivity index (χ0) is 28.1. The van der Waals surface area contributed by atoms with Crippen LogP contribution >= 0.6 is 11.6 Å². The van der Waals surface area contributed by atoms with Crippen LogP contribution in [0.25, 0.3) is 11.0 Å². The lowest BCUT2D eigenvalue weighted by Gasteiger charge is -2.26. The van der Waals surface area contributed by atoms with E-state index in [0.29, 0.717) is 53.0 Å². The Bertz CT molecular complexity index is 1420.